The van der Waals surface area contributed by atoms with Gasteiger partial charge in [0.1, 0.15) is 13.2 Å². The Bertz CT molecular complexity index is 855. The highest BCUT2D eigenvalue weighted by atomic mass is 16.6. The fourth-order valence-corrected chi connectivity index (χ4v) is 3.08. The lowest BCUT2D eigenvalue weighted by Gasteiger charge is -2.22. The number of amides is 1. The number of carbonyl (C=O) groups excluding carboxylic acids is 1. The van der Waals surface area contributed by atoms with Crippen LogP contribution in [-0.4, -0.2) is 37.3 Å². The Morgan fingerprint density at radius 3 is 2.37 bits per heavy atom. The van der Waals surface area contributed by atoms with E-state index in [-0.39, 0.29) is 5.56 Å². The topological polar surface area (TPSA) is 94.1 Å². The van der Waals surface area contributed by atoms with Crippen molar-refractivity contribution in [2.45, 2.75) is 19.9 Å². The number of fused-ring (bicyclic) bond motifs is 1. The van der Waals surface area contributed by atoms with Gasteiger partial charge in [-0.25, -0.2) is 4.79 Å². The summed E-state index contributed by atoms with van der Waals surface area (Å²) in [7, 11) is 1.46. The Kier molecular flexibility index (Phi) is 5.21. The first kappa shape index (κ1) is 18.6. The van der Waals surface area contributed by atoms with Crippen LogP contribution < -0.4 is 19.5 Å². The van der Waals surface area contributed by atoms with Crippen LogP contribution in [0, 0.1) is 13.8 Å². The zero-order chi connectivity index (χ0) is 19.6. The highest BCUT2D eigenvalue weighted by molar-refractivity contribution is 5.98. The number of methoxy groups -OCH3 is 1. The first-order chi connectivity index (χ1) is 12.9. The fourth-order valence-electron chi connectivity index (χ4n) is 3.08. The second-order valence-corrected chi connectivity index (χ2v) is 6.37. The third kappa shape index (κ3) is 3.97. The molecule has 7 heteroatoms. The standard InChI is InChI=1S/C20H21NO6/c1-11-6-12(2)8-13(7-11)17(20(23)24)21-19(22)14-9-15(25-3)18-16(10-14)26-4-5-27-18/h6-10,17H,4-5H2,1-3H3,(H,21,22)(H,23,24). The Morgan fingerprint density at radius 1 is 1.07 bits per heavy atom. The van der Waals surface area contributed by atoms with Crippen LogP contribution in [0.5, 0.6) is 17.2 Å². The zero-order valence-corrected chi connectivity index (χ0v) is 15.4. The summed E-state index contributed by atoms with van der Waals surface area (Å²) < 4.78 is 16.3. The largest absolute Gasteiger partial charge is 0.493 e. The summed E-state index contributed by atoms with van der Waals surface area (Å²) in [6, 6.07) is 7.29. The monoisotopic (exact) mass is 371 g/mol. The smallest absolute Gasteiger partial charge is 0.330 e. The molecule has 1 unspecified atom stereocenters. The van der Waals surface area contributed by atoms with Crippen molar-refractivity contribution in [1.82, 2.24) is 5.32 Å². The van der Waals surface area contributed by atoms with E-state index in [9.17, 15) is 14.7 Å². The normalized spacial score (nSPS) is 13.6. The Morgan fingerprint density at radius 2 is 1.74 bits per heavy atom. The Labute approximate surface area is 156 Å². The molecular weight excluding hydrogens is 350 g/mol. The average Bonchev–Trinajstić information content (AvgIpc) is 2.63. The predicted octanol–water partition coefficient (Wildman–Crippen LogP) is 2.64. The van der Waals surface area contributed by atoms with Crippen LogP contribution >= 0.6 is 0 Å². The minimum Gasteiger partial charge on any atom is -0.493 e. The summed E-state index contributed by atoms with van der Waals surface area (Å²) in [6.45, 7) is 4.51. The third-order valence-corrected chi connectivity index (χ3v) is 4.19. The lowest BCUT2D eigenvalue weighted by molar-refractivity contribution is -0.139. The number of rotatable bonds is 5. The van der Waals surface area contributed by atoms with Crippen molar-refractivity contribution in [3.05, 3.63) is 52.6 Å². The van der Waals surface area contributed by atoms with Crippen molar-refractivity contribution in [2.24, 2.45) is 0 Å². The average molecular weight is 371 g/mol. The van der Waals surface area contributed by atoms with Crippen molar-refractivity contribution >= 4 is 11.9 Å². The van der Waals surface area contributed by atoms with Crippen LogP contribution in [-0.2, 0) is 4.79 Å². The van der Waals surface area contributed by atoms with Gasteiger partial charge in [-0.15, -0.1) is 0 Å². The summed E-state index contributed by atoms with van der Waals surface area (Å²) in [5, 5.41) is 12.2. The number of aryl methyl sites for hydroxylation is 2. The lowest BCUT2D eigenvalue weighted by Crippen LogP contribution is -2.34. The van der Waals surface area contributed by atoms with Crippen molar-refractivity contribution in [3.8, 4) is 17.2 Å². The molecule has 1 heterocycles. The van der Waals surface area contributed by atoms with E-state index >= 15 is 0 Å². The lowest BCUT2D eigenvalue weighted by atomic mass is 10.0. The molecule has 0 radical (unpaired) electrons. The van der Waals surface area contributed by atoms with Crippen molar-refractivity contribution < 1.29 is 28.9 Å². The molecule has 0 aromatic heterocycles. The van der Waals surface area contributed by atoms with E-state index in [1.54, 1.807) is 12.1 Å². The van der Waals surface area contributed by atoms with Crippen LogP contribution in [0.15, 0.2) is 30.3 Å². The van der Waals surface area contributed by atoms with Gasteiger partial charge in [0.25, 0.3) is 5.91 Å². The van der Waals surface area contributed by atoms with Gasteiger partial charge in [-0.3, -0.25) is 4.79 Å². The van der Waals surface area contributed by atoms with Crippen LogP contribution in [0.4, 0.5) is 0 Å². The second-order valence-electron chi connectivity index (χ2n) is 6.37. The molecule has 7 nitrogen and oxygen atoms in total. The van der Waals surface area contributed by atoms with E-state index in [0.29, 0.717) is 36.0 Å². The number of hydrogen-bond donors (Lipinski definition) is 2. The summed E-state index contributed by atoms with van der Waals surface area (Å²) >= 11 is 0. The van der Waals surface area contributed by atoms with Gasteiger partial charge in [0.2, 0.25) is 5.75 Å². The fraction of sp³-hybridized carbons (Fsp3) is 0.300. The molecule has 1 aliphatic heterocycles. The molecular formula is C20H21NO6. The van der Waals surface area contributed by atoms with Crippen LogP contribution in [0.1, 0.15) is 33.1 Å². The minimum atomic E-state index is -1.17. The molecule has 0 saturated heterocycles. The quantitative estimate of drug-likeness (QED) is 0.839. The van der Waals surface area contributed by atoms with E-state index in [2.05, 4.69) is 5.32 Å². The molecule has 142 valence electrons. The van der Waals surface area contributed by atoms with Gasteiger partial charge in [0, 0.05) is 5.56 Å². The first-order valence-electron chi connectivity index (χ1n) is 8.48. The summed E-state index contributed by atoms with van der Waals surface area (Å²) in [5.41, 5.74) is 2.59. The summed E-state index contributed by atoms with van der Waals surface area (Å²) in [4.78, 5) is 24.5. The maximum atomic E-state index is 12.7. The number of ether oxygens (including phenoxy) is 3. The Hall–Kier alpha value is -3.22. The molecule has 2 aromatic carbocycles. The maximum Gasteiger partial charge on any atom is 0.330 e. The second kappa shape index (κ2) is 7.57. The maximum absolute atomic E-state index is 12.7. The summed E-state index contributed by atoms with van der Waals surface area (Å²) in [5.74, 6) is -0.501. The third-order valence-electron chi connectivity index (χ3n) is 4.19. The van der Waals surface area contributed by atoms with Gasteiger partial charge in [0.15, 0.2) is 17.5 Å². The molecule has 0 saturated carbocycles. The molecule has 0 spiro atoms. The molecule has 0 fully saturated rings. The van der Waals surface area contributed by atoms with Crippen molar-refractivity contribution in [3.63, 3.8) is 0 Å². The van der Waals surface area contributed by atoms with E-state index in [1.807, 2.05) is 19.9 Å². The van der Waals surface area contributed by atoms with Crippen molar-refractivity contribution in [2.75, 3.05) is 20.3 Å². The molecule has 2 N–H and O–H groups in total. The predicted molar refractivity (Wildman–Crippen MR) is 97.7 cm³/mol. The van der Waals surface area contributed by atoms with Gasteiger partial charge in [-0.05, 0) is 31.5 Å². The minimum absolute atomic E-state index is 0.228. The number of hydrogen-bond acceptors (Lipinski definition) is 5. The van der Waals surface area contributed by atoms with Crippen molar-refractivity contribution in [1.29, 1.82) is 0 Å². The number of carboxylic acid groups (broad SMARTS) is 1. The number of carbonyl (C=O) groups is 2. The molecule has 1 atom stereocenters. The van der Waals surface area contributed by atoms with Gasteiger partial charge in [-0.1, -0.05) is 29.3 Å². The Balaban J connectivity index is 1.91. The van der Waals surface area contributed by atoms with Crippen LogP contribution in [0.3, 0.4) is 0 Å². The number of carboxylic acids is 1. The molecule has 0 bridgehead atoms. The summed E-state index contributed by atoms with van der Waals surface area (Å²) in [6.07, 6.45) is 0. The van der Waals surface area contributed by atoms with Gasteiger partial charge in [0.05, 0.1) is 7.11 Å². The van der Waals surface area contributed by atoms with E-state index in [4.69, 9.17) is 14.2 Å². The van der Waals surface area contributed by atoms with Crippen LogP contribution in [0.25, 0.3) is 0 Å². The number of nitrogens with one attached hydrogen (secondary N) is 1. The highest BCUT2D eigenvalue weighted by Gasteiger charge is 2.26. The van der Waals surface area contributed by atoms with Crippen LogP contribution in [0.2, 0.25) is 0 Å². The van der Waals surface area contributed by atoms with Gasteiger partial charge in [-0.2, -0.15) is 0 Å². The number of benzene rings is 2. The van der Waals surface area contributed by atoms with E-state index in [1.165, 1.54) is 19.2 Å². The van der Waals surface area contributed by atoms with E-state index < -0.39 is 17.9 Å². The SMILES string of the molecule is COc1cc(C(=O)NC(C(=O)O)c2cc(C)cc(C)c2)cc2c1OCCO2. The zero-order valence-electron chi connectivity index (χ0n) is 15.4. The molecule has 3 rings (SSSR count). The van der Waals surface area contributed by atoms with Gasteiger partial charge >= 0.3 is 5.97 Å². The molecule has 0 aliphatic carbocycles. The molecule has 27 heavy (non-hydrogen) atoms. The van der Waals surface area contributed by atoms with Gasteiger partial charge < -0.3 is 24.6 Å². The molecule has 1 amide bonds. The highest BCUT2D eigenvalue weighted by Crippen LogP contribution is 2.40. The first-order valence-corrected chi connectivity index (χ1v) is 8.48. The van der Waals surface area contributed by atoms with E-state index in [0.717, 1.165) is 11.1 Å². The molecule has 1 aliphatic rings. The number of aliphatic carboxylic acids is 1. The molecule has 2 aromatic rings.